The Balaban J connectivity index is 1.52. The quantitative estimate of drug-likeness (QED) is 0.689. The van der Waals surface area contributed by atoms with Crippen molar-refractivity contribution in [3.8, 4) is 0 Å². The third kappa shape index (κ3) is 4.48. The van der Waals surface area contributed by atoms with E-state index in [1.165, 1.54) is 12.1 Å². The van der Waals surface area contributed by atoms with Crippen LogP contribution in [0, 0.1) is 18.6 Å². The van der Waals surface area contributed by atoms with E-state index in [4.69, 9.17) is 9.97 Å². The molecular weight excluding hydrogens is 386 g/mol. The fourth-order valence-corrected chi connectivity index (χ4v) is 3.65. The van der Waals surface area contributed by atoms with E-state index in [0.29, 0.717) is 12.1 Å². The van der Waals surface area contributed by atoms with E-state index in [1.54, 1.807) is 6.20 Å². The van der Waals surface area contributed by atoms with Crippen LogP contribution in [0.1, 0.15) is 25.1 Å². The van der Waals surface area contributed by atoms with Crippen molar-refractivity contribution in [1.82, 2.24) is 19.9 Å². The second-order valence-corrected chi connectivity index (χ2v) is 8.01. The summed E-state index contributed by atoms with van der Waals surface area (Å²) >= 11 is 0. The van der Waals surface area contributed by atoms with Crippen molar-refractivity contribution in [1.29, 1.82) is 0 Å². The molecule has 4 rings (SSSR count). The van der Waals surface area contributed by atoms with Crippen molar-refractivity contribution in [2.24, 2.45) is 0 Å². The molecule has 1 fully saturated rings. The summed E-state index contributed by atoms with van der Waals surface area (Å²) < 4.78 is 27.1. The molecule has 1 N–H and O–H groups in total. The van der Waals surface area contributed by atoms with Crippen molar-refractivity contribution in [2.75, 3.05) is 36.4 Å². The van der Waals surface area contributed by atoms with Crippen LogP contribution in [0.3, 0.4) is 0 Å². The summed E-state index contributed by atoms with van der Waals surface area (Å²) in [6.07, 6.45) is 1.76. The van der Waals surface area contributed by atoms with E-state index in [2.05, 4.69) is 33.9 Å². The zero-order valence-corrected chi connectivity index (χ0v) is 17.5. The monoisotopic (exact) mass is 412 g/mol. The highest BCUT2D eigenvalue weighted by molar-refractivity contribution is 5.80. The summed E-state index contributed by atoms with van der Waals surface area (Å²) in [6.45, 7) is 9.54. The van der Waals surface area contributed by atoms with Gasteiger partial charge in [0.1, 0.15) is 17.2 Å². The molecule has 6 nitrogen and oxygen atoms in total. The van der Waals surface area contributed by atoms with Crippen LogP contribution < -0.4 is 10.2 Å². The smallest absolute Gasteiger partial charge is 0.172 e. The highest BCUT2D eigenvalue weighted by atomic mass is 19.1. The Morgan fingerprint density at radius 1 is 1.03 bits per heavy atom. The molecule has 0 atom stereocenters. The highest BCUT2D eigenvalue weighted by Gasteiger charge is 2.23. The van der Waals surface area contributed by atoms with Gasteiger partial charge in [0.25, 0.3) is 0 Å². The first-order valence-electron chi connectivity index (χ1n) is 10.2. The Morgan fingerprint density at radius 2 is 1.80 bits per heavy atom. The predicted octanol–water partition coefficient (Wildman–Crippen LogP) is 3.75. The van der Waals surface area contributed by atoms with Crippen LogP contribution in [0.25, 0.3) is 11.0 Å². The number of piperazine rings is 1. The van der Waals surface area contributed by atoms with E-state index in [9.17, 15) is 8.78 Å². The van der Waals surface area contributed by atoms with Gasteiger partial charge >= 0.3 is 0 Å². The Hall–Kier alpha value is -2.87. The van der Waals surface area contributed by atoms with Gasteiger partial charge in [-0.2, -0.15) is 0 Å². The highest BCUT2D eigenvalue weighted by Crippen LogP contribution is 2.27. The molecule has 3 heterocycles. The van der Waals surface area contributed by atoms with Gasteiger partial charge in [-0.3, -0.25) is 9.88 Å². The van der Waals surface area contributed by atoms with Crippen molar-refractivity contribution in [3.63, 3.8) is 0 Å². The summed E-state index contributed by atoms with van der Waals surface area (Å²) in [5.41, 5.74) is 3.00. The molecule has 1 aromatic carbocycles. The number of nitrogens with one attached hydrogen (secondary N) is 1. The van der Waals surface area contributed by atoms with Crippen molar-refractivity contribution >= 4 is 22.7 Å². The minimum absolute atomic E-state index is 0.223. The molecule has 1 aliphatic heterocycles. The number of pyridine rings is 1. The van der Waals surface area contributed by atoms with Crippen LogP contribution in [0.15, 0.2) is 30.5 Å². The van der Waals surface area contributed by atoms with Gasteiger partial charge in [-0.05, 0) is 32.9 Å². The lowest BCUT2D eigenvalue weighted by Gasteiger charge is -2.36. The summed E-state index contributed by atoms with van der Waals surface area (Å²) in [5, 5.41) is 3.41. The number of rotatable bonds is 5. The van der Waals surface area contributed by atoms with Gasteiger partial charge in [-0.15, -0.1) is 0 Å². The van der Waals surface area contributed by atoms with Crippen molar-refractivity contribution in [2.45, 2.75) is 33.4 Å². The van der Waals surface area contributed by atoms with E-state index >= 15 is 0 Å². The maximum absolute atomic E-state index is 14.0. The fraction of sp³-hybridized carbons (Fsp3) is 0.409. The Labute approximate surface area is 175 Å². The normalized spacial score (nSPS) is 15.2. The second kappa shape index (κ2) is 8.47. The first kappa shape index (κ1) is 20.4. The Kier molecular flexibility index (Phi) is 5.76. The molecule has 0 unspecified atom stereocenters. The topological polar surface area (TPSA) is 57.2 Å². The molecular formula is C22H26F2N6. The van der Waals surface area contributed by atoms with Crippen LogP contribution in [0.4, 0.5) is 20.4 Å². The van der Waals surface area contributed by atoms with Gasteiger partial charge < -0.3 is 10.2 Å². The van der Waals surface area contributed by atoms with Crippen molar-refractivity contribution in [3.05, 3.63) is 53.4 Å². The Morgan fingerprint density at radius 3 is 2.50 bits per heavy atom. The molecule has 8 heteroatoms. The lowest BCUT2D eigenvalue weighted by atomic mass is 10.1. The number of hydrogen-bond acceptors (Lipinski definition) is 6. The molecule has 0 bridgehead atoms. The van der Waals surface area contributed by atoms with E-state index in [-0.39, 0.29) is 6.04 Å². The number of aryl methyl sites for hydroxylation is 1. The first-order chi connectivity index (χ1) is 14.4. The third-order valence-corrected chi connectivity index (χ3v) is 5.18. The lowest BCUT2D eigenvalue weighted by molar-refractivity contribution is 0.246. The van der Waals surface area contributed by atoms with Crippen LogP contribution >= 0.6 is 0 Å². The molecule has 0 aliphatic carbocycles. The number of hydrogen-bond donors (Lipinski definition) is 1. The molecule has 0 saturated carbocycles. The molecule has 30 heavy (non-hydrogen) atoms. The summed E-state index contributed by atoms with van der Waals surface area (Å²) in [7, 11) is 0. The summed E-state index contributed by atoms with van der Waals surface area (Å²) in [4.78, 5) is 18.4. The number of fused-ring (bicyclic) bond motifs is 1. The number of benzene rings is 1. The minimum atomic E-state index is -0.550. The lowest BCUT2D eigenvalue weighted by Crippen LogP contribution is -2.46. The van der Waals surface area contributed by atoms with Crippen LogP contribution in [-0.4, -0.2) is 52.1 Å². The summed E-state index contributed by atoms with van der Waals surface area (Å²) in [5.74, 6) is 0.533. The van der Waals surface area contributed by atoms with E-state index in [1.807, 2.05) is 13.0 Å². The van der Waals surface area contributed by atoms with Gasteiger partial charge in [0, 0.05) is 56.1 Å². The maximum Gasteiger partial charge on any atom is 0.172 e. The molecule has 0 spiro atoms. The number of halogens is 2. The molecule has 0 amide bonds. The van der Waals surface area contributed by atoms with Gasteiger partial charge in [-0.1, -0.05) is 6.07 Å². The molecule has 1 aliphatic rings. The standard InChI is InChI=1S/C22H26F2N6/c1-14(2)26-21-22(28-20-12-25-15(3)10-19(20)27-21)30-8-6-29(7-9-30)13-16-4-5-17(23)11-18(16)24/h4-5,10-12,14H,6-9,13H2,1-3H3,(H,26,27). The zero-order valence-electron chi connectivity index (χ0n) is 17.5. The number of aromatic nitrogens is 3. The molecule has 158 valence electrons. The van der Waals surface area contributed by atoms with Gasteiger partial charge in [0.2, 0.25) is 0 Å². The average molecular weight is 412 g/mol. The predicted molar refractivity (Wildman–Crippen MR) is 115 cm³/mol. The molecule has 0 radical (unpaired) electrons. The molecule has 3 aromatic rings. The fourth-order valence-electron chi connectivity index (χ4n) is 3.65. The van der Waals surface area contributed by atoms with Gasteiger partial charge in [0.05, 0.1) is 11.7 Å². The zero-order chi connectivity index (χ0) is 21.3. The van der Waals surface area contributed by atoms with Crippen molar-refractivity contribution < 1.29 is 8.78 Å². The second-order valence-electron chi connectivity index (χ2n) is 8.01. The van der Waals surface area contributed by atoms with Crippen LogP contribution in [0.5, 0.6) is 0 Å². The third-order valence-electron chi connectivity index (χ3n) is 5.18. The molecule has 2 aromatic heterocycles. The van der Waals surface area contributed by atoms with Crippen LogP contribution in [-0.2, 0) is 6.54 Å². The van der Waals surface area contributed by atoms with Crippen LogP contribution in [0.2, 0.25) is 0 Å². The largest absolute Gasteiger partial charge is 0.365 e. The first-order valence-corrected chi connectivity index (χ1v) is 10.2. The van der Waals surface area contributed by atoms with Gasteiger partial charge in [-0.25, -0.2) is 18.7 Å². The van der Waals surface area contributed by atoms with Gasteiger partial charge in [0.15, 0.2) is 11.6 Å². The minimum Gasteiger partial charge on any atom is -0.365 e. The number of anilines is 2. The summed E-state index contributed by atoms with van der Waals surface area (Å²) in [6, 6.07) is 5.92. The SMILES string of the molecule is Cc1cc2nc(NC(C)C)c(N3CCN(Cc4ccc(F)cc4F)CC3)nc2cn1. The molecule has 1 saturated heterocycles. The maximum atomic E-state index is 14.0. The van der Waals surface area contributed by atoms with E-state index < -0.39 is 11.6 Å². The van der Waals surface area contributed by atoms with E-state index in [0.717, 1.165) is 60.6 Å². The Bertz CT molecular complexity index is 1050. The number of nitrogens with zero attached hydrogens (tertiary/aromatic N) is 5. The average Bonchev–Trinajstić information content (AvgIpc) is 2.70.